The summed E-state index contributed by atoms with van der Waals surface area (Å²) in [4.78, 5) is 26.7. The Morgan fingerprint density at radius 1 is 0.920 bits per heavy atom. The zero-order valence-corrected chi connectivity index (χ0v) is 15.0. The van der Waals surface area contributed by atoms with Crippen LogP contribution in [0.3, 0.4) is 0 Å². The van der Waals surface area contributed by atoms with Crippen LogP contribution in [0, 0.1) is 0 Å². The molecule has 0 unspecified atom stereocenters. The van der Waals surface area contributed by atoms with Crippen molar-refractivity contribution in [2.45, 2.75) is 33.1 Å². The number of carbonyl (C=O) groups is 2. The maximum atomic E-state index is 12.7. The lowest BCUT2D eigenvalue weighted by atomic mass is 10.1. The Labute approximate surface area is 149 Å². The fourth-order valence-corrected chi connectivity index (χ4v) is 2.75. The molecule has 0 spiro atoms. The van der Waals surface area contributed by atoms with Crippen molar-refractivity contribution in [2.75, 3.05) is 18.4 Å². The van der Waals surface area contributed by atoms with Crippen LogP contribution in [0.1, 0.15) is 42.6 Å². The first-order valence-corrected chi connectivity index (χ1v) is 8.87. The van der Waals surface area contributed by atoms with Crippen LogP contribution in [-0.2, 0) is 11.2 Å². The van der Waals surface area contributed by atoms with E-state index in [-0.39, 0.29) is 11.8 Å². The van der Waals surface area contributed by atoms with E-state index in [1.165, 1.54) is 0 Å². The van der Waals surface area contributed by atoms with E-state index in [4.69, 9.17) is 0 Å². The second-order valence-electron chi connectivity index (χ2n) is 6.08. The summed E-state index contributed by atoms with van der Waals surface area (Å²) in [6, 6.07) is 16.8. The van der Waals surface area contributed by atoms with Gasteiger partial charge >= 0.3 is 0 Å². The maximum Gasteiger partial charge on any atom is 0.253 e. The number of anilines is 1. The first-order valence-electron chi connectivity index (χ1n) is 8.87. The first-order chi connectivity index (χ1) is 12.1. The summed E-state index contributed by atoms with van der Waals surface area (Å²) in [5, 5.41) is 2.88. The number of nitrogens with zero attached hydrogens (tertiary/aromatic N) is 1. The molecule has 0 bridgehead atoms. The number of amides is 2. The van der Waals surface area contributed by atoms with Gasteiger partial charge < -0.3 is 10.2 Å². The highest BCUT2D eigenvalue weighted by Crippen LogP contribution is 2.14. The summed E-state index contributed by atoms with van der Waals surface area (Å²) in [6.07, 6.45) is 2.18. The van der Waals surface area contributed by atoms with E-state index in [2.05, 4.69) is 19.2 Å². The Morgan fingerprint density at radius 2 is 1.60 bits per heavy atom. The van der Waals surface area contributed by atoms with Crippen LogP contribution in [0.15, 0.2) is 54.6 Å². The lowest BCUT2D eigenvalue weighted by Crippen LogP contribution is -2.32. The van der Waals surface area contributed by atoms with E-state index in [1.807, 2.05) is 41.3 Å². The number of hydrogen-bond donors (Lipinski definition) is 1. The summed E-state index contributed by atoms with van der Waals surface area (Å²) < 4.78 is 0. The van der Waals surface area contributed by atoms with Crippen LogP contribution >= 0.6 is 0 Å². The Bertz CT molecular complexity index is 692. The van der Waals surface area contributed by atoms with Gasteiger partial charge in [0.2, 0.25) is 5.91 Å². The molecule has 2 aromatic rings. The van der Waals surface area contributed by atoms with Crippen molar-refractivity contribution in [3.05, 3.63) is 65.7 Å². The lowest BCUT2D eigenvalue weighted by molar-refractivity contribution is -0.115. The quantitative estimate of drug-likeness (QED) is 0.787. The van der Waals surface area contributed by atoms with Gasteiger partial charge in [-0.1, -0.05) is 50.2 Å². The van der Waals surface area contributed by atoms with Gasteiger partial charge in [-0.25, -0.2) is 0 Å². The van der Waals surface area contributed by atoms with Gasteiger partial charge in [-0.05, 0) is 36.6 Å². The maximum absolute atomic E-state index is 12.7. The van der Waals surface area contributed by atoms with Crippen LogP contribution in [0.2, 0.25) is 0 Å². The van der Waals surface area contributed by atoms with Gasteiger partial charge in [-0.15, -0.1) is 0 Å². The molecular formula is C21H26N2O2. The van der Waals surface area contributed by atoms with Crippen molar-refractivity contribution in [3.8, 4) is 0 Å². The molecule has 0 saturated carbocycles. The molecule has 2 rings (SSSR count). The van der Waals surface area contributed by atoms with Gasteiger partial charge in [-0.2, -0.15) is 0 Å². The zero-order chi connectivity index (χ0) is 18.1. The molecule has 0 saturated heterocycles. The van der Waals surface area contributed by atoms with E-state index >= 15 is 0 Å². The topological polar surface area (TPSA) is 49.4 Å². The third kappa shape index (κ3) is 5.75. The van der Waals surface area contributed by atoms with E-state index in [1.54, 1.807) is 18.2 Å². The van der Waals surface area contributed by atoms with Gasteiger partial charge in [0.25, 0.3) is 5.91 Å². The fourth-order valence-electron chi connectivity index (χ4n) is 2.75. The number of benzene rings is 2. The predicted octanol–water partition coefficient (Wildman–Crippen LogP) is 4.13. The Morgan fingerprint density at radius 3 is 2.24 bits per heavy atom. The molecule has 2 aromatic carbocycles. The summed E-state index contributed by atoms with van der Waals surface area (Å²) >= 11 is 0. The molecule has 0 heterocycles. The highest BCUT2D eigenvalue weighted by molar-refractivity contribution is 5.97. The van der Waals surface area contributed by atoms with Crippen LogP contribution < -0.4 is 5.32 Å². The van der Waals surface area contributed by atoms with Crippen molar-refractivity contribution < 1.29 is 9.59 Å². The van der Waals surface area contributed by atoms with Gasteiger partial charge in [0.1, 0.15) is 0 Å². The van der Waals surface area contributed by atoms with E-state index < -0.39 is 0 Å². The second kappa shape index (κ2) is 9.62. The van der Waals surface area contributed by atoms with E-state index in [0.717, 1.165) is 31.5 Å². The molecule has 1 N–H and O–H groups in total. The molecule has 0 radical (unpaired) electrons. The molecule has 0 atom stereocenters. The smallest absolute Gasteiger partial charge is 0.253 e. The highest BCUT2D eigenvalue weighted by Gasteiger charge is 2.15. The van der Waals surface area contributed by atoms with Gasteiger partial charge in [0.05, 0.1) is 6.42 Å². The standard InChI is InChI=1S/C21H26N2O2/c1-3-13-23(14-4-2)21(25)18-11-8-12-19(16-18)22-20(24)15-17-9-6-5-7-10-17/h5-12,16H,3-4,13-15H2,1-2H3,(H,22,24). The van der Waals surface area contributed by atoms with Crippen LogP contribution in [-0.4, -0.2) is 29.8 Å². The van der Waals surface area contributed by atoms with Gasteiger partial charge in [-0.3, -0.25) is 9.59 Å². The molecule has 0 fully saturated rings. The third-order valence-electron chi connectivity index (χ3n) is 3.88. The molecule has 25 heavy (non-hydrogen) atoms. The summed E-state index contributed by atoms with van der Waals surface area (Å²) in [5.41, 5.74) is 2.23. The fraction of sp³-hybridized carbons (Fsp3) is 0.333. The second-order valence-corrected chi connectivity index (χ2v) is 6.08. The third-order valence-corrected chi connectivity index (χ3v) is 3.88. The van der Waals surface area contributed by atoms with Crippen LogP contribution in [0.25, 0.3) is 0 Å². The van der Waals surface area contributed by atoms with Gasteiger partial charge in [0, 0.05) is 24.3 Å². The zero-order valence-electron chi connectivity index (χ0n) is 15.0. The molecule has 4 heteroatoms. The molecule has 132 valence electrons. The Kier molecular flexibility index (Phi) is 7.20. The summed E-state index contributed by atoms with van der Waals surface area (Å²) in [5.74, 6) is -0.0716. The largest absolute Gasteiger partial charge is 0.339 e. The molecule has 2 amide bonds. The first kappa shape index (κ1) is 18.7. The molecule has 0 aromatic heterocycles. The average Bonchev–Trinajstić information content (AvgIpc) is 2.62. The predicted molar refractivity (Wildman–Crippen MR) is 102 cm³/mol. The minimum absolute atomic E-state index is 0.0165. The van der Waals surface area contributed by atoms with E-state index in [0.29, 0.717) is 17.7 Å². The van der Waals surface area contributed by atoms with Crippen molar-refractivity contribution in [3.63, 3.8) is 0 Å². The molecule has 0 aliphatic carbocycles. The Balaban J connectivity index is 2.04. The number of rotatable bonds is 8. The SMILES string of the molecule is CCCN(CCC)C(=O)c1cccc(NC(=O)Cc2ccccc2)c1. The highest BCUT2D eigenvalue weighted by atomic mass is 16.2. The number of nitrogens with one attached hydrogen (secondary N) is 1. The van der Waals surface area contributed by atoms with Crippen LogP contribution in [0.4, 0.5) is 5.69 Å². The summed E-state index contributed by atoms with van der Waals surface area (Å²) in [6.45, 7) is 5.63. The minimum atomic E-state index is -0.0882. The normalized spacial score (nSPS) is 10.3. The lowest BCUT2D eigenvalue weighted by Gasteiger charge is -2.21. The Hall–Kier alpha value is -2.62. The monoisotopic (exact) mass is 338 g/mol. The van der Waals surface area contributed by atoms with Crippen molar-refractivity contribution in [1.29, 1.82) is 0 Å². The molecule has 0 aliphatic heterocycles. The minimum Gasteiger partial charge on any atom is -0.339 e. The van der Waals surface area contributed by atoms with Crippen molar-refractivity contribution in [1.82, 2.24) is 4.90 Å². The van der Waals surface area contributed by atoms with Crippen molar-refractivity contribution >= 4 is 17.5 Å². The summed E-state index contributed by atoms with van der Waals surface area (Å²) in [7, 11) is 0. The molecule has 0 aliphatic rings. The van der Waals surface area contributed by atoms with Gasteiger partial charge in [0.15, 0.2) is 0 Å². The van der Waals surface area contributed by atoms with Crippen molar-refractivity contribution in [2.24, 2.45) is 0 Å². The average molecular weight is 338 g/mol. The number of carbonyl (C=O) groups excluding carboxylic acids is 2. The molecular weight excluding hydrogens is 312 g/mol. The van der Waals surface area contributed by atoms with Crippen LogP contribution in [0.5, 0.6) is 0 Å². The van der Waals surface area contributed by atoms with E-state index in [9.17, 15) is 9.59 Å². The molecule has 4 nitrogen and oxygen atoms in total. The number of hydrogen-bond acceptors (Lipinski definition) is 2.